The molecule has 0 spiro atoms. The van der Waals surface area contributed by atoms with Crippen molar-refractivity contribution >= 4 is 0 Å². The predicted molar refractivity (Wildman–Crippen MR) is 57.6 cm³/mol. The first-order valence-electron chi connectivity index (χ1n) is 5.66. The minimum Gasteiger partial charge on any atom is -0.375 e. The maximum absolute atomic E-state index is 6.05. The maximum atomic E-state index is 6.05. The Hall–Kier alpha value is -0.860. The largest absolute Gasteiger partial charge is 0.375 e. The SMILES string of the molecule is c1ccc(C2(OCC3CC3)COC2)cc1. The van der Waals surface area contributed by atoms with Crippen LogP contribution in [0.3, 0.4) is 0 Å². The van der Waals surface area contributed by atoms with E-state index in [4.69, 9.17) is 9.47 Å². The molecule has 0 aromatic heterocycles. The summed E-state index contributed by atoms with van der Waals surface area (Å²) in [6.07, 6.45) is 2.68. The highest BCUT2D eigenvalue weighted by molar-refractivity contribution is 5.24. The summed E-state index contributed by atoms with van der Waals surface area (Å²) in [6, 6.07) is 10.4. The van der Waals surface area contributed by atoms with Gasteiger partial charge in [0.15, 0.2) is 0 Å². The van der Waals surface area contributed by atoms with Crippen molar-refractivity contribution < 1.29 is 9.47 Å². The Morgan fingerprint density at radius 1 is 1.20 bits per heavy atom. The molecule has 0 atom stereocenters. The van der Waals surface area contributed by atoms with Crippen molar-refractivity contribution in [2.24, 2.45) is 5.92 Å². The summed E-state index contributed by atoms with van der Waals surface area (Å²) >= 11 is 0. The molecule has 1 saturated heterocycles. The van der Waals surface area contributed by atoms with Gasteiger partial charge in [-0.25, -0.2) is 0 Å². The second-order valence-corrected chi connectivity index (χ2v) is 4.61. The van der Waals surface area contributed by atoms with Crippen LogP contribution in [-0.4, -0.2) is 19.8 Å². The van der Waals surface area contributed by atoms with Crippen LogP contribution >= 0.6 is 0 Å². The van der Waals surface area contributed by atoms with Crippen LogP contribution in [0.5, 0.6) is 0 Å². The van der Waals surface area contributed by atoms with Crippen LogP contribution in [-0.2, 0) is 15.1 Å². The van der Waals surface area contributed by atoms with Crippen molar-refractivity contribution in [1.82, 2.24) is 0 Å². The van der Waals surface area contributed by atoms with Gasteiger partial charge in [-0.3, -0.25) is 0 Å². The molecule has 2 nitrogen and oxygen atoms in total. The highest BCUT2D eigenvalue weighted by atomic mass is 16.6. The van der Waals surface area contributed by atoms with E-state index in [1.807, 2.05) is 6.07 Å². The molecule has 2 fully saturated rings. The van der Waals surface area contributed by atoms with Gasteiger partial charge < -0.3 is 9.47 Å². The van der Waals surface area contributed by atoms with Crippen molar-refractivity contribution in [3.05, 3.63) is 35.9 Å². The van der Waals surface area contributed by atoms with Gasteiger partial charge in [0.2, 0.25) is 0 Å². The standard InChI is InChI=1S/C13H16O2/c1-2-4-12(5-3-1)13(9-14-10-13)15-8-11-6-7-11/h1-5,11H,6-10H2. The Morgan fingerprint density at radius 2 is 1.93 bits per heavy atom. The first-order valence-corrected chi connectivity index (χ1v) is 5.66. The monoisotopic (exact) mass is 204 g/mol. The summed E-state index contributed by atoms with van der Waals surface area (Å²) in [5.74, 6) is 0.811. The summed E-state index contributed by atoms with van der Waals surface area (Å²) in [4.78, 5) is 0. The Morgan fingerprint density at radius 3 is 2.47 bits per heavy atom. The zero-order valence-electron chi connectivity index (χ0n) is 8.82. The van der Waals surface area contributed by atoms with Crippen molar-refractivity contribution in [1.29, 1.82) is 0 Å². The van der Waals surface area contributed by atoms with Crippen LogP contribution in [0.4, 0.5) is 0 Å². The molecule has 0 unspecified atom stereocenters. The van der Waals surface area contributed by atoms with Crippen LogP contribution in [0.15, 0.2) is 30.3 Å². The lowest BCUT2D eigenvalue weighted by atomic mass is 9.92. The van der Waals surface area contributed by atoms with Crippen molar-refractivity contribution in [2.45, 2.75) is 18.4 Å². The number of hydrogen-bond donors (Lipinski definition) is 0. The molecular formula is C13H16O2. The smallest absolute Gasteiger partial charge is 0.139 e. The van der Waals surface area contributed by atoms with Crippen molar-refractivity contribution in [3.63, 3.8) is 0 Å². The van der Waals surface area contributed by atoms with E-state index in [2.05, 4.69) is 24.3 Å². The van der Waals surface area contributed by atoms with E-state index >= 15 is 0 Å². The van der Waals surface area contributed by atoms with Crippen LogP contribution < -0.4 is 0 Å². The second-order valence-electron chi connectivity index (χ2n) is 4.61. The molecule has 1 aliphatic carbocycles. The fraction of sp³-hybridized carbons (Fsp3) is 0.538. The summed E-state index contributed by atoms with van der Waals surface area (Å²) in [6.45, 7) is 2.33. The molecule has 1 heterocycles. The zero-order valence-corrected chi connectivity index (χ0v) is 8.82. The first kappa shape index (κ1) is 9.37. The normalized spacial score (nSPS) is 23.5. The highest BCUT2D eigenvalue weighted by Crippen LogP contribution is 2.37. The molecule has 80 valence electrons. The third kappa shape index (κ3) is 1.80. The van der Waals surface area contributed by atoms with Gasteiger partial charge in [0.25, 0.3) is 0 Å². The lowest BCUT2D eigenvalue weighted by Gasteiger charge is -2.41. The molecule has 1 aliphatic heterocycles. The topological polar surface area (TPSA) is 18.5 Å². The summed E-state index contributed by atoms with van der Waals surface area (Å²) in [5, 5.41) is 0. The average molecular weight is 204 g/mol. The van der Waals surface area contributed by atoms with Gasteiger partial charge in [0.05, 0.1) is 19.8 Å². The Balaban J connectivity index is 1.73. The lowest BCUT2D eigenvalue weighted by Crippen LogP contribution is -2.49. The molecule has 0 radical (unpaired) electrons. The third-order valence-electron chi connectivity index (χ3n) is 3.26. The predicted octanol–water partition coefficient (Wildman–Crippen LogP) is 2.34. The third-order valence-corrected chi connectivity index (χ3v) is 3.26. The molecule has 2 heteroatoms. The average Bonchev–Trinajstić information content (AvgIpc) is 3.02. The number of ether oxygens (including phenoxy) is 2. The van der Waals surface area contributed by atoms with Crippen LogP contribution in [0, 0.1) is 5.92 Å². The van der Waals surface area contributed by atoms with Gasteiger partial charge in [-0.15, -0.1) is 0 Å². The molecule has 0 N–H and O–H groups in total. The zero-order chi connectivity index (χ0) is 10.1. The lowest BCUT2D eigenvalue weighted by molar-refractivity contribution is -0.218. The molecule has 2 aliphatic rings. The quantitative estimate of drug-likeness (QED) is 0.749. The molecule has 0 amide bonds. The summed E-state index contributed by atoms with van der Waals surface area (Å²) in [7, 11) is 0. The van der Waals surface area contributed by atoms with E-state index in [-0.39, 0.29) is 5.60 Å². The van der Waals surface area contributed by atoms with Gasteiger partial charge in [-0.05, 0) is 24.3 Å². The van der Waals surface area contributed by atoms with Crippen molar-refractivity contribution in [2.75, 3.05) is 19.8 Å². The van der Waals surface area contributed by atoms with E-state index in [0.29, 0.717) is 13.2 Å². The fourth-order valence-corrected chi connectivity index (χ4v) is 1.92. The van der Waals surface area contributed by atoms with Crippen LogP contribution in [0.1, 0.15) is 18.4 Å². The Kier molecular flexibility index (Phi) is 2.26. The number of benzene rings is 1. The summed E-state index contributed by atoms with van der Waals surface area (Å²) in [5.41, 5.74) is 1.13. The molecule has 15 heavy (non-hydrogen) atoms. The fourth-order valence-electron chi connectivity index (χ4n) is 1.92. The molecule has 0 bridgehead atoms. The highest BCUT2D eigenvalue weighted by Gasteiger charge is 2.42. The maximum Gasteiger partial charge on any atom is 0.139 e. The van der Waals surface area contributed by atoms with E-state index in [1.165, 1.54) is 18.4 Å². The Labute approximate surface area is 90.2 Å². The molecule has 1 saturated carbocycles. The van der Waals surface area contributed by atoms with Gasteiger partial charge in [-0.1, -0.05) is 30.3 Å². The second kappa shape index (κ2) is 3.62. The summed E-state index contributed by atoms with van der Waals surface area (Å²) < 4.78 is 11.4. The van der Waals surface area contributed by atoms with Gasteiger partial charge in [0.1, 0.15) is 5.60 Å². The van der Waals surface area contributed by atoms with Gasteiger partial charge >= 0.3 is 0 Å². The van der Waals surface area contributed by atoms with Gasteiger partial charge in [0, 0.05) is 0 Å². The van der Waals surface area contributed by atoms with Crippen LogP contribution in [0.25, 0.3) is 0 Å². The molecular weight excluding hydrogens is 188 g/mol. The molecule has 1 aromatic carbocycles. The van der Waals surface area contributed by atoms with E-state index in [9.17, 15) is 0 Å². The van der Waals surface area contributed by atoms with Crippen LogP contribution in [0.2, 0.25) is 0 Å². The molecule has 1 aromatic rings. The molecule has 3 rings (SSSR count). The van der Waals surface area contributed by atoms with E-state index in [0.717, 1.165) is 12.5 Å². The number of rotatable bonds is 4. The van der Waals surface area contributed by atoms with Crippen molar-refractivity contribution in [3.8, 4) is 0 Å². The first-order chi connectivity index (χ1) is 7.39. The Bertz CT molecular complexity index is 326. The van der Waals surface area contributed by atoms with E-state index < -0.39 is 0 Å². The minimum absolute atomic E-state index is 0.135. The van der Waals surface area contributed by atoms with E-state index in [1.54, 1.807) is 0 Å². The minimum atomic E-state index is -0.135. The number of hydrogen-bond acceptors (Lipinski definition) is 2. The van der Waals surface area contributed by atoms with Gasteiger partial charge in [-0.2, -0.15) is 0 Å².